The highest BCUT2D eigenvalue weighted by Crippen LogP contribution is 2.35. The normalized spacial score (nSPS) is 15.9. The van der Waals surface area contributed by atoms with Gasteiger partial charge in [0.15, 0.2) is 6.61 Å². The van der Waals surface area contributed by atoms with Crippen LogP contribution in [0.15, 0.2) is 50.5 Å². The summed E-state index contributed by atoms with van der Waals surface area (Å²) in [6, 6.07) is 8.72. The van der Waals surface area contributed by atoms with Crippen LogP contribution in [0, 0.1) is 6.92 Å². The molecular formula is C21H19ClN2O6S. The molecule has 1 atom stereocenters. The van der Waals surface area contributed by atoms with E-state index in [1.165, 1.54) is 24.3 Å². The Morgan fingerprint density at radius 2 is 2.03 bits per heavy atom. The van der Waals surface area contributed by atoms with Gasteiger partial charge in [0.1, 0.15) is 11.3 Å². The molecule has 1 aliphatic rings. The quantitative estimate of drug-likeness (QED) is 0.595. The Kier molecular flexibility index (Phi) is 5.28. The van der Waals surface area contributed by atoms with Gasteiger partial charge in [-0.1, -0.05) is 11.6 Å². The summed E-state index contributed by atoms with van der Waals surface area (Å²) < 4.78 is 34.0. The minimum Gasteiger partial charge on any atom is -0.482 e. The number of carbonyl (C=O) groups excluding carboxylic acids is 1. The first-order valence-corrected chi connectivity index (χ1v) is 11.3. The van der Waals surface area contributed by atoms with E-state index in [0.717, 1.165) is 5.56 Å². The number of primary sulfonamides is 1. The van der Waals surface area contributed by atoms with Crippen LogP contribution < -0.4 is 20.4 Å². The van der Waals surface area contributed by atoms with Gasteiger partial charge in [-0.25, -0.2) is 18.4 Å². The Morgan fingerprint density at radius 3 is 2.74 bits per heavy atom. The zero-order valence-electron chi connectivity index (χ0n) is 16.7. The van der Waals surface area contributed by atoms with Crippen molar-refractivity contribution in [3.05, 3.63) is 63.0 Å². The van der Waals surface area contributed by atoms with Crippen LogP contribution >= 0.6 is 11.6 Å². The number of fused-ring (bicyclic) bond motifs is 2. The minimum absolute atomic E-state index is 0.00345. The molecule has 0 saturated carbocycles. The molecule has 0 radical (unpaired) electrons. The zero-order chi connectivity index (χ0) is 22.5. The van der Waals surface area contributed by atoms with Crippen molar-refractivity contribution in [1.82, 2.24) is 0 Å². The van der Waals surface area contributed by atoms with E-state index in [2.05, 4.69) is 0 Å². The average molecular weight is 463 g/mol. The predicted octanol–water partition coefficient (Wildman–Crippen LogP) is 2.76. The summed E-state index contributed by atoms with van der Waals surface area (Å²) in [6.07, 6.45) is 0.492. The number of amides is 1. The molecule has 8 nitrogen and oxygen atoms in total. The second-order valence-electron chi connectivity index (χ2n) is 7.47. The van der Waals surface area contributed by atoms with Crippen LogP contribution in [0.1, 0.15) is 18.1 Å². The van der Waals surface area contributed by atoms with Gasteiger partial charge >= 0.3 is 5.63 Å². The fourth-order valence-electron chi connectivity index (χ4n) is 3.80. The number of halogens is 1. The maximum absolute atomic E-state index is 12.9. The summed E-state index contributed by atoms with van der Waals surface area (Å²) >= 11 is 6.29. The first-order valence-electron chi connectivity index (χ1n) is 9.39. The standard InChI is InChI=1S/C21H19ClN2O6S/c1-11-5-21(26)30-18-9-19(16(22)8-15(11)18)29-10-20(25)24-12(2)6-13-7-14(31(23,27)28)3-4-17(13)24/h3-5,7-9,12H,6,10H2,1-2H3,(H2,23,27,28)/t12-/m1/s1. The van der Waals surface area contributed by atoms with E-state index in [9.17, 15) is 18.0 Å². The Morgan fingerprint density at radius 1 is 1.29 bits per heavy atom. The molecular weight excluding hydrogens is 444 g/mol. The van der Waals surface area contributed by atoms with E-state index < -0.39 is 15.6 Å². The van der Waals surface area contributed by atoms with Crippen molar-refractivity contribution >= 4 is 44.2 Å². The van der Waals surface area contributed by atoms with Crippen LogP contribution in [0.2, 0.25) is 5.02 Å². The molecule has 3 aromatic rings. The monoisotopic (exact) mass is 462 g/mol. The maximum Gasteiger partial charge on any atom is 0.336 e. The number of nitrogens with two attached hydrogens (primary N) is 1. The first kappa shape index (κ1) is 21.4. The van der Waals surface area contributed by atoms with Crippen LogP contribution in [0.4, 0.5) is 5.69 Å². The highest BCUT2D eigenvalue weighted by Gasteiger charge is 2.32. The van der Waals surface area contributed by atoms with Crippen molar-refractivity contribution < 1.29 is 22.4 Å². The third kappa shape index (κ3) is 4.04. The van der Waals surface area contributed by atoms with Crippen LogP contribution in [-0.2, 0) is 21.2 Å². The number of aryl methyl sites for hydroxylation is 1. The number of nitrogens with zero attached hydrogens (tertiary/aromatic N) is 1. The Balaban J connectivity index is 1.57. The van der Waals surface area contributed by atoms with E-state index in [0.29, 0.717) is 28.6 Å². The molecule has 31 heavy (non-hydrogen) atoms. The topological polar surface area (TPSA) is 120 Å². The van der Waals surface area contributed by atoms with Crippen molar-refractivity contribution in [3.63, 3.8) is 0 Å². The number of hydrogen-bond donors (Lipinski definition) is 1. The lowest BCUT2D eigenvalue weighted by atomic mass is 10.1. The highest BCUT2D eigenvalue weighted by molar-refractivity contribution is 7.89. The lowest BCUT2D eigenvalue weighted by Gasteiger charge is -2.23. The smallest absolute Gasteiger partial charge is 0.336 e. The molecule has 2 N–H and O–H groups in total. The van der Waals surface area contributed by atoms with Crippen molar-refractivity contribution in [2.45, 2.75) is 31.2 Å². The molecule has 0 unspecified atom stereocenters. The molecule has 1 aliphatic heterocycles. The summed E-state index contributed by atoms with van der Waals surface area (Å²) in [4.78, 5) is 26.1. The molecule has 0 bridgehead atoms. The maximum atomic E-state index is 12.9. The van der Waals surface area contributed by atoms with Gasteiger partial charge in [-0.2, -0.15) is 0 Å². The summed E-state index contributed by atoms with van der Waals surface area (Å²) in [7, 11) is -3.83. The Hall–Kier alpha value is -2.88. The summed E-state index contributed by atoms with van der Waals surface area (Å²) in [6.45, 7) is 3.32. The summed E-state index contributed by atoms with van der Waals surface area (Å²) in [5.74, 6) is -0.107. The highest BCUT2D eigenvalue weighted by atomic mass is 35.5. The van der Waals surface area contributed by atoms with Crippen molar-refractivity contribution in [1.29, 1.82) is 0 Å². The van der Waals surface area contributed by atoms with Gasteiger partial charge in [0.05, 0.1) is 9.92 Å². The molecule has 1 aromatic heterocycles. The van der Waals surface area contributed by atoms with E-state index in [1.54, 1.807) is 24.0 Å². The number of rotatable bonds is 4. The average Bonchev–Trinajstić information content (AvgIpc) is 3.01. The van der Waals surface area contributed by atoms with Crippen LogP contribution in [0.25, 0.3) is 11.0 Å². The molecule has 2 heterocycles. The molecule has 0 spiro atoms. The van der Waals surface area contributed by atoms with E-state index in [-0.39, 0.29) is 34.2 Å². The Labute approximate surface area is 183 Å². The molecule has 0 fully saturated rings. The van der Waals surface area contributed by atoms with E-state index in [4.69, 9.17) is 25.9 Å². The SMILES string of the molecule is Cc1cc(=O)oc2cc(OCC(=O)N3c4ccc(S(N)(=O)=O)cc4C[C@H]3C)c(Cl)cc12. The number of ether oxygens (including phenoxy) is 1. The zero-order valence-corrected chi connectivity index (χ0v) is 18.3. The van der Waals surface area contributed by atoms with Crippen LogP contribution in [0.3, 0.4) is 0 Å². The fourth-order valence-corrected chi connectivity index (χ4v) is 4.59. The van der Waals surface area contributed by atoms with Gasteiger partial charge in [-0.3, -0.25) is 4.79 Å². The fraction of sp³-hybridized carbons (Fsp3) is 0.238. The van der Waals surface area contributed by atoms with Crippen molar-refractivity contribution in [2.75, 3.05) is 11.5 Å². The van der Waals surface area contributed by atoms with Crippen molar-refractivity contribution in [3.8, 4) is 5.75 Å². The van der Waals surface area contributed by atoms with Gasteiger partial charge in [0, 0.05) is 29.2 Å². The molecule has 0 aliphatic carbocycles. The Bertz CT molecular complexity index is 1380. The van der Waals surface area contributed by atoms with Gasteiger partial charge in [0.25, 0.3) is 5.91 Å². The second-order valence-corrected chi connectivity index (χ2v) is 9.44. The molecule has 4 rings (SSSR count). The first-order chi connectivity index (χ1) is 14.5. The van der Waals surface area contributed by atoms with Gasteiger partial charge in [0.2, 0.25) is 10.0 Å². The van der Waals surface area contributed by atoms with E-state index in [1.807, 2.05) is 6.92 Å². The molecule has 162 valence electrons. The minimum atomic E-state index is -3.83. The molecule has 1 amide bonds. The second kappa shape index (κ2) is 7.67. The number of benzene rings is 2. The van der Waals surface area contributed by atoms with Gasteiger partial charge in [-0.15, -0.1) is 0 Å². The molecule has 0 saturated heterocycles. The molecule has 2 aromatic carbocycles. The van der Waals surface area contributed by atoms with Gasteiger partial charge < -0.3 is 14.1 Å². The lowest BCUT2D eigenvalue weighted by molar-refractivity contribution is -0.120. The third-order valence-electron chi connectivity index (χ3n) is 5.22. The summed E-state index contributed by atoms with van der Waals surface area (Å²) in [5.41, 5.74) is 1.87. The molecule has 10 heteroatoms. The third-order valence-corrected chi connectivity index (χ3v) is 6.43. The predicted molar refractivity (Wildman–Crippen MR) is 116 cm³/mol. The van der Waals surface area contributed by atoms with E-state index >= 15 is 0 Å². The summed E-state index contributed by atoms with van der Waals surface area (Å²) in [5, 5.41) is 6.16. The largest absolute Gasteiger partial charge is 0.482 e. The lowest BCUT2D eigenvalue weighted by Crippen LogP contribution is -2.39. The van der Waals surface area contributed by atoms with Crippen LogP contribution in [0.5, 0.6) is 5.75 Å². The van der Waals surface area contributed by atoms with Crippen LogP contribution in [-0.4, -0.2) is 27.0 Å². The van der Waals surface area contributed by atoms with Gasteiger partial charge in [-0.05, 0) is 55.7 Å². The number of carbonyl (C=O) groups is 1. The number of hydrogen-bond acceptors (Lipinski definition) is 6. The van der Waals surface area contributed by atoms with Crippen molar-refractivity contribution in [2.24, 2.45) is 5.14 Å². The number of anilines is 1. The number of sulfonamides is 1.